The van der Waals surface area contributed by atoms with Gasteiger partial charge in [0, 0.05) is 29.2 Å². The molecule has 1 unspecified atom stereocenters. The molecule has 206 valence electrons. The van der Waals surface area contributed by atoms with Crippen molar-refractivity contribution in [3.05, 3.63) is 77.3 Å². The van der Waals surface area contributed by atoms with E-state index >= 15 is 0 Å². The smallest absolute Gasteiger partial charge is 0.300 e. The molecule has 0 radical (unpaired) electrons. The van der Waals surface area contributed by atoms with E-state index in [1.807, 2.05) is 36.4 Å². The van der Waals surface area contributed by atoms with E-state index in [9.17, 15) is 4.79 Å². The Balaban J connectivity index is 1.44. The van der Waals surface area contributed by atoms with Gasteiger partial charge in [-0.3, -0.25) is 9.78 Å². The number of carbonyl (C=O) groups is 1. The Morgan fingerprint density at radius 3 is 2.78 bits per heavy atom. The van der Waals surface area contributed by atoms with E-state index in [0.29, 0.717) is 51.0 Å². The first-order valence-corrected chi connectivity index (χ1v) is 13.5. The first-order valence-electron chi connectivity index (χ1n) is 13.2. The van der Waals surface area contributed by atoms with Crippen molar-refractivity contribution in [3.63, 3.8) is 0 Å². The van der Waals surface area contributed by atoms with Crippen LogP contribution < -0.4 is 15.4 Å². The number of nitrogens with zero attached hydrogens (tertiary/aromatic N) is 4. The van der Waals surface area contributed by atoms with Gasteiger partial charge in [-0.15, -0.1) is 0 Å². The van der Waals surface area contributed by atoms with Gasteiger partial charge in [0.25, 0.3) is 5.91 Å². The highest BCUT2D eigenvalue weighted by Gasteiger charge is 2.30. The van der Waals surface area contributed by atoms with E-state index < -0.39 is 5.91 Å². The Labute approximate surface area is 244 Å². The number of anilines is 3. The molecule has 3 heterocycles. The first-order chi connectivity index (χ1) is 19.8. The van der Waals surface area contributed by atoms with Crippen molar-refractivity contribution in [2.75, 3.05) is 30.8 Å². The molecule has 2 aromatic heterocycles. The van der Waals surface area contributed by atoms with Crippen molar-refractivity contribution in [1.82, 2.24) is 19.9 Å². The predicted molar refractivity (Wildman–Crippen MR) is 162 cm³/mol. The van der Waals surface area contributed by atoms with E-state index in [2.05, 4.69) is 68.1 Å². The minimum atomic E-state index is -0.416. The predicted octanol–water partition coefficient (Wildman–Crippen LogP) is 5.66. The standard InChI is InChI=1S/C32H29ClN6O2/c1-4-7-30(40)38-27-18-25-28(16-22(27)11-12-32(2)13-15-39(3)20-32)35-21-36-31(25)37-23-9-10-29(26(33)17-23)41-19-24-8-5-6-14-34-24/h5-6,8-10,14,16-18,21H,13,15,19-20H2,1-3H3,(H,38,40)(H,35,36,37). The number of rotatable bonds is 6. The lowest BCUT2D eigenvalue weighted by atomic mass is 9.90. The summed E-state index contributed by atoms with van der Waals surface area (Å²) in [4.78, 5) is 27.9. The van der Waals surface area contributed by atoms with E-state index in [1.54, 1.807) is 25.3 Å². The van der Waals surface area contributed by atoms with E-state index in [4.69, 9.17) is 16.3 Å². The summed E-state index contributed by atoms with van der Waals surface area (Å²) in [5, 5.41) is 7.35. The van der Waals surface area contributed by atoms with Crippen molar-refractivity contribution in [2.45, 2.75) is 26.9 Å². The van der Waals surface area contributed by atoms with Crippen LogP contribution in [0.5, 0.6) is 5.75 Å². The lowest BCUT2D eigenvalue weighted by molar-refractivity contribution is -0.111. The maximum atomic E-state index is 12.4. The summed E-state index contributed by atoms with van der Waals surface area (Å²) in [5.41, 5.74) is 3.29. The van der Waals surface area contributed by atoms with Gasteiger partial charge < -0.3 is 20.3 Å². The molecule has 0 bridgehead atoms. The van der Waals surface area contributed by atoms with Gasteiger partial charge in [-0.05, 0) is 82.2 Å². The second-order valence-electron chi connectivity index (χ2n) is 10.1. The molecule has 1 atom stereocenters. The zero-order valence-electron chi connectivity index (χ0n) is 23.1. The number of pyridine rings is 1. The molecule has 9 heteroatoms. The Hall–Kier alpha value is -4.63. The Kier molecular flexibility index (Phi) is 8.35. The van der Waals surface area contributed by atoms with Crippen LogP contribution in [-0.4, -0.2) is 45.9 Å². The van der Waals surface area contributed by atoms with Gasteiger partial charge >= 0.3 is 0 Å². The SMILES string of the molecule is CC#CC(=O)Nc1cc2c(Nc3ccc(OCc4ccccn4)c(Cl)c3)ncnc2cc1C#CC1(C)CCN(C)C1. The molecule has 2 N–H and O–H groups in total. The summed E-state index contributed by atoms with van der Waals surface area (Å²) in [7, 11) is 2.10. The van der Waals surface area contributed by atoms with E-state index in [-0.39, 0.29) is 5.41 Å². The molecule has 0 aliphatic carbocycles. The molecule has 0 spiro atoms. The largest absolute Gasteiger partial charge is 0.486 e. The third kappa shape index (κ3) is 6.93. The van der Waals surface area contributed by atoms with Gasteiger partial charge in [0.2, 0.25) is 0 Å². The molecule has 41 heavy (non-hydrogen) atoms. The number of carbonyl (C=O) groups excluding carboxylic acids is 1. The minimum absolute atomic E-state index is 0.126. The number of ether oxygens (including phenoxy) is 1. The Morgan fingerprint density at radius 2 is 2.05 bits per heavy atom. The zero-order valence-corrected chi connectivity index (χ0v) is 23.8. The highest BCUT2D eigenvalue weighted by molar-refractivity contribution is 6.32. The van der Waals surface area contributed by atoms with Crippen molar-refractivity contribution >= 4 is 45.6 Å². The third-order valence-corrected chi connectivity index (χ3v) is 7.02. The first kappa shape index (κ1) is 27.9. The monoisotopic (exact) mass is 564 g/mol. The quantitative estimate of drug-likeness (QED) is 0.292. The van der Waals surface area contributed by atoms with Crippen LogP contribution in [0.3, 0.4) is 0 Å². The summed E-state index contributed by atoms with van der Waals surface area (Å²) in [6, 6.07) is 14.8. The van der Waals surface area contributed by atoms with Gasteiger partial charge in [-0.2, -0.15) is 0 Å². The number of fused-ring (bicyclic) bond motifs is 1. The molecule has 1 fully saturated rings. The van der Waals surface area contributed by atoms with Crippen LogP contribution in [0.1, 0.15) is 31.5 Å². The number of hydrogen-bond donors (Lipinski definition) is 2. The number of aromatic nitrogens is 3. The van der Waals surface area contributed by atoms with Crippen LogP contribution in [0, 0.1) is 29.1 Å². The minimum Gasteiger partial charge on any atom is -0.486 e. The molecular weight excluding hydrogens is 536 g/mol. The van der Waals surface area contributed by atoms with E-state index in [0.717, 1.165) is 25.2 Å². The fourth-order valence-corrected chi connectivity index (χ4v) is 4.89. The van der Waals surface area contributed by atoms with Crippen LogP contribution in [0.2, 0.25) is 5.02 Å². The molecule has 4 aromatic rings. The molecule has 1 amide bonds. The maximum absolute atomic E-state index is 12.4. The summed E-state index contributed by atoms with van der Waals surface area (Å²) >= 11 is 6.53. The van der Waals surface area contributed by atoms with Crippen LogP contribution in [0.15, 0.2) is 61.1 Å². The molecule has 0 saturated carbocycles. The average molecular weight is 565 g/mol. The number of amides is 1. The molecule has 8 nitrogen and oxygen atoms in total. The van der Waals surface area contributed by atoms with Gasteiger partial charge in [0.15, 0.2) is 0 Å². The fourth-order valence-electron chi connectivity index (χ4n) is 4.66. The topological polar surface area (TPSA) is 92.3 Å². The maximum Gasteiger partial charge on any atom is 0.300 e. The van der Waals surface area contributed by atoms with Gasteiger partial charge in [-0.1, -0.05) is 35.4 Å². The molecule has 5 rings (SSSR count). The van der Waals surface area contributed by atoms with Crippen LogP contribution in [0.25, 0.3) is 10.9 Å². The van der Waals surface area contributed by atoms with E-state index in [1.165, 1.54) is 6.33 Å². The number of nitrogens with one attached hydrogen (secondary N) is 2. The molecule has 2 aromatic carbocycles. The number of benzene rings is 2. The summed E-state index contributed by atoms with van der Waals surface area (Å²) in [6.45, 7) is 5.98. The lowest BCUT2D eigenvalue weighted by Crippen LogP contribution is -2.20. The second kappa shape index (κ2) is 12.3. The third-order valence-electron chi connectivity index (χ3n) is 6.72. The molecule has 1 saturated heterocycles. The Morgan fingerprint density at radius 1 is 1.17 bits per heavy atom. The summed E-state index contributed by atoms with van der Waals surface area (Å²) in [5.74, 6) is 12.6. The second-order valence-corrected chi connectivity index (χ2v) is 10.6. The number of likely N-dealkylation sites (tertiary alicyclic amines) is 1. The van der Waals surface area contributed by atoms with Crippen molar-refractivity contribution in [2.24, 2.45) is 5.41 Å². The fraction of sp³-hybridized carbons (Fsp3) is 0.250. The normalized spacial score (nSPS) is 16.3. The van der Waals surface area contributed by atoms with Gasteiger partial charge in [0.05, 0.1) is 27.5 Å². The van der Waals surface area contributed by atoms with Crippen molar-refractivity contribution in [3.8, 4) is 29.4 Å². The summed E-state index contributed by atoms with van der Waals surface area (Å²) < 4.78 is 5.84. The van der Waals surface area contributed by atoms with Gasteiger partial charge in [-0.25, -0.2) is 9.97 Å². The van der Waals surface area contributed by atoms with Gasteiger partial charge in [0.1, 0.15) is 24.5 Å². The van der Waals surface area contributed by atoms with Crippen molar-refractivity contribution in [1.29, 1.82) is 0 Å². The summed E-state index contributed by atoms with van der Waals surface area (Å²) in [6.07, 6.45) is 4.19. The number of hydrogen-bond acceptors (Lipinski definition) is 7. The highest BCUT2D eigenvalue weighted by atomic mass is 35.5. The molecular formula is C32H29ClN6O2. The lowest BCUT2D eigenvalue weighted by Gasteiger charge is -2.16. The molecule has 1 aliphatic rings. The number of halogens is 1. The van der Waals surface area contributed by atoms with Crippen LogP contribution >= 0.6 is 11.6 Å². The van der Waals surface area contributed by atoms with Crippen LogP contribution in [0.4, 0.5) is 17.2 Å². The average Bonchev–Trinajstić information content (AvgIpc) is 3.30. The molecule has 1 aliphatic heterocycles. The van der Waals surface area contributed by atoms with Crippen LogP contribution in [-0.2, 0) is 11.4 Å². The zero-order chi connectivity index (χ0) is 28.8. The highest BCUT2D eigenvalue weighted by Crippen LogP contribution is 2.33. The Bertz CT molecular complexity index is 1720. The van der Waals surface area contributed by atoms with Crippen molar-refractivity contribution < 1.29 is 9.53 Å².